The Bertz CT molecular complexity index is 1420. The summed E-state index contributed by atoms with van der Waals surface area (Å²) in [5, 5.41) is 14.0. The van der Waals surface area contributed by atoms with E-state index >= 15 is 0 Å². The minimum atomic E-state index is -4.52. The summed E-state index contributed by atoms with van der Waals surface area (Å²) >= 11 is 0. The Morgan fingerprint density at radius 1 is 1.05 bits per heavy atom. The van der Waals surface area contributed by atoms with Gasteiger partial charge >= 0.3 is 6.18 Å². The van der Waals surface area contributed by atoms with Gasteiger partial charge in [0.2, 0.25) is 5.95 Å². The molecule has 1 aliphatic rings. The third kappa shape index (κ3) is 5.51. The zero-order chi connectivity index (χ0) is 26.0. The zero-order valence-corrected chi connectivity index (χ0v) is 20.4. The van der Waals surface area contributed by atoms with Crippen LogP contribution in [0.15, 0.2) is 55.0 Å². The number of anilines is 4. The van der Waals surface area contributed by atoms with Gasteiger partial charge in [-0.05, 0) is 55.3 Å². The van der Waals surface area contributed by atoms with Crippen molar-refractivity contribution in [1.82, 2.24) is 25.1 Å². The monoisotopic (exact) mass is 509 g/mol. The van der Waals surface area contributed by atoms with Crippen molar-refractivity contribution in [1.29, 1.82) is 0 Å². The van der Waals surface area contributed by atoms with Gasteiger partial charge in [-0.15, -0.1) is 0 Å². The second-order valence-corrected chi connectivity index (χ2v) is 8.65. The standard InChI is InChI=1S/C26H26F3N7O/c1-3-36-15-18(13-32-36)23-14-31-25(34-21-9-19(26(27,28)29)10-22(11-21)37-2)35-24(23)33-20-5-4-16-6-7-30-12-17(16)8-20/h4-5,8-11,13-15,30H,3,6-7,12H2,1-2H3,(H2,31,33,34,35). The Morgan fingerprint density at radius 2 is 1.92 bits per heavy atom. The molecule has 0 amide bonds. The van der Waals surface area contributed by atoms with Crippen molar-refractivity contribution in [2.24, 2.45) is 0 Å². The van der Waals surface area contributed by atoms with Gasteiger partial charge in [-0.2, -0.15) is 23.3 Å². The number of aryl methyl sites for hydroxylation is 1. The molecule has 0 bridgehead atoms. The van der Waals surface area contributed by atoms with Gasteiger partial charge in [-0.3, -0.25) is 4.68 Å². The van der Waals surface area contributed by atoms with E-state index in [4.69, 9.17) is 4.74 Å². The SMILES string of the molecule is CCn1cc(-c2cnc(Nc3cc(OC)cc(C(F)(F)F)c3)nc2Nc2ccc3c(c2)CNCC3)cn1. The molecule has 3 N–H and O–H groups in total. The van der Waals surface area contributed by atoms with Gasteiger partial charge in [0.25, 0.3) is 0 Å². The maximum Gasteiger partial charge on any atom is 0.416 e. The molecule has 1 aliphatic heterocycles. The molecular weight excluding hydrogens is 483 g/mol. The second-order valence-electron chi connectivity index (χ2n) is 8.65. The number of methoxy groups -OCH3 is 1. The van der Waals surface area contributed by atoms with E-state index in [0.717, 1.165) is 42.9 Å². The minimum absolute atomic E-state index is 0.0712. The summed E-state index contributed by atoms with van der Waals surface area (Å²) < 4.78 is 47.0. The van der Waals surface area contributed by atoms with Gasteiger partial charge in [0.05, 0.1) is 18.9 Å². The van der Waals surface area contributed by atoms with E-state index in [0.29, 0.717) is 17.9 Å². The molecule has 0 aliphatic carbocycles. The molecule has 3 heterocycles. The Hall–Kier alpha value is -4.12. The summed E-state index contributed by atoms with van der Waals surface area (Å²) in [4.78, 5) is 9.00. The fraction of sp³-hybridized carbons (Fsp3) is 0.269. The summed E-state index contributed by atoms with van der Waals surface area (Å²) in [5.41, 5.74) is 4.20. The molecule has 0 fully saturated rings. The van der Waals surface area contributed by atoms with E-state index < -0.39 is 11.7 Å². The van der Waals surface area contributed by atoms with E-state index in [1.807, 2.05) is 19.2 Å². The Kier molecular flexibility index (Phi) is 6.70. The number of fused-ring (bicyclic) bond motifs is 1. The molecule has 2 aromatic carbocycles. The second kappa shape index (κ2) is 10.1. The van der Waals surface area contributed by atoms with Gasteiger partial charge in [-0.1, -0.05) is 6.07 Å². The molecule has 37 heavy (non-hydrogen) atoms. The van der Waals surface area contributed by atoms with Crippen LogP contribution in [0.5, 0.6) is 5.75 Å². The highest BCUT2D eigenvalue weighted by Crippen LogP contribution is 2.35. The molecule has 4 aromatic rings. The number of halogens is 3. The molecule has 0 atom stereocenters. The van der Waals surface area contributed by atoms with Crippen LogP contribution in [-0.2, 0) is 25.7 Å². The third-order valence-electron chi connectivity index (χ3n) is 6.14. The first-order valence-electron chi connectivity index (χ1n) is 11.8. The number of aromatic nitrogens is 4. The van der Waals surface area contributed by atoms with E-state index in [1.54, 1.807) is 17.1 Å². The van der Waals surface area contributed by atoms with Crippen LogP contribution in [0.3, 0.4) is 0 Å². The Labute approximate surface area is 211 Å². The van der Waals surface area contributed by atoms with Crippen molar-refractivity contribution in [3.05, 3.63) is 71.7 Å². The van der Waals surface area contributed by atoms with E-state index in [9.17, 15) is 13.2 Å². The van der Waals surface area contributed by atoms with Crippen LogP contribution in [0.2, 0.25) is 0 Å². The van der Waals surface area contributed by atoms with Gasteiger partial charge in [0.1, 0.15) is 11.6 Å². The molecule has 0 radical (unpaired) electrons. The summed E-state index contributed by atoms with van der Waals surface area (Å²) in [7, 11) is 1.32. The molecule has 2 aromatic heterocycles. The molecule has 11 heteroatoms. The molecule has 5 rings (SSSR count). The topological polar surface area (TPSA) is 88.9 Å². The molecule has 0 saturated carbocycles. The normalized spacial score (nSPS) is 13.2. The number of benzene rings is 2. The van der Waals surface area contributed by atoms with Crippen LogP contribution >= 0.6 is 0 Å². The van der Waals surface area contributed by atoms with E-state index in [-0.39, 0.29) is 17.4 Å². The summed E-state index contributed by atoms with van der Waals surface area (Å²) in [6.45, 7) is 4.43. The number of nitrogens with zero attached hydrogens (tertiary/aromatic N) is 4. The lowest BCUT2D eigenvalue weighted by molar-refractivity contribution is -0.137. The van der Waals surface area contributed by atoms with Crippen LogP contribution in [0.4, 0.5) is 36.3 Å². The van der Waals surface area contributed by atoms with Gasteiger partial charge < -0.3 is 20.7 Å². The van der Waals surface area contributed by atoms with Crippen molar-refractivity contribution in [2.45, 2.75) is 32.6 Å². The van der Waals surface area contributed by atoms with Crippen molar-refractivity contribution >= 4 is 23.1 Å². The van der Waals surface area contributed by atoms with Gasteiger partial charge in [-0.25, -0.2) is 4.98 Å². The average molecular weight is 510 g/mol. The maximum absolute atomic E-state index is 13.4. The van der Waals surface area contributed by atoms with Crippen LogP contribution in [-0.4, -0.2) is 33.4 Å². The van der Waals surface area contributed by atoms with E-state index in [1.165, 1.54) is 24.3 Å². The van der Waals surface area contributed by atoms with Crippen LogP contribution in [0.25, 0.3) is 11.1 Å². The zero-order valence-electron chi connectivity index (χ0n) is 20.4. The number of rotatable bonds is 7. The first-order chi connectivity index (χ1) is 17.8. The summed E-state index contributed by atoms with van der Waals surface area (Å²) in [5.74, 6) is 0.702. The largest absolute Gasteiger partial charge is 0.497 e. The average Bonchev–Trinajstić information content (AvgIpc) is 3.37. The van der Waals surface area contributed by atoms with Gasteiger partial charge in [0.15, 0.2) is 0 Å². The Balaban J connectivity index is 1.51. The van der Waals surface area contributed by atoms with Crippen molar-refractivity contribution in [3.63, 3.8) is 0 Å². The minimum Gasteiger partial charge on any atom is -0.497 e. The lowest BCUT2D eigenvalue weighted by Crippen LogP contribution is -2.23. The predicted octanol–water partition coefficient (Wildman–Crippen LogP) is 5.52. The van der Waals surface area contributed by atoms with Crippen LogP contribution < -0.4 is 20.7 Å². The van der Waals surface area contributed by atoms with E-state index in [2.05, 4.69) is 43.1 Å². The lowest BCUT2D eigenvalue weighted by Gasteiger charge is -2.19. The summed E-state index contributed by atoms with van der Waals surface area (Å²) in [6, 6.07) is 9.57. The first kappa shape index (κ1) is 24.6. The highest BCUT2D eigenvalue weighted by atomic mass is 19.4. The van der Waals surface area contributed by atoms with Crippen molar-refractivity contribution in [3.8, 4) is 16.9 Å². The number of alkyl halides is 3. The smallest absolute Gasteiger partial charge is 0.416 e. The number of nitrogens with one attached hydrogen (secondary N) is 3. The molecule has 192 valence electrons. The highest BCUT2D eigenvalue weighted by molar-refractivity contribution is 5.78. The molecular formula is C26H26F3N7O. The predicted molar refractivity (Wildman–Crippen MR) is 135 cm³/mol. The highest BCUT2D eigenvalue weighted by Gasteiger charge is 2.31. The maximum atomic E-state index is 13.4. The molecule has 0 unspecified atom stereocenters. The quantitative estimate of drug-likeness (QED) is 0.302. The molecule has 8 nitrogen and oxygen atoms in total. The lowest BCUT2D eigenvalue weighted by atomic mass is 10.0. The fourth-order valence-corrected chi connectivity index (χ4v) is 4.20. The van der Waals surface area contributed by atoms with Crippen molar-refractivity contribution in [2.75, 3.05) is 24.3 Å². The van der Waals surface area contributed by atoms with Gasteiger partial charge in [0, 0.05) is 54.1 Å². The first-order valence-corrected chi connectivity index (χ1v) is 11.8. The number of hydrogen-bond donors (Lipinski definition) is 3. The van der Waals surface area contributed by atoms with Crippen LogP contribution in [0.1, 0.15) is 23.6 Å². The fourth-order valence-electron chi connectivity index (χ4n) is 4.20. The Morgan fingerprint density at radius 3 is 2.68 bits per heavy atom. The number of ether oxygens (including phenoxy) is 1. The van der Waals surface area contributed by atoms with Crippen molar-refractivity contribution < 1.29 is 17.9 Å². The third-order valence-corrected chi connectivity index (χ3v) is 6.14. The molecule has 0 saturated heterocycles. The number of hydrogen-bond acceptors (Lipinski definition) is 7. The summed E-state index contributed by atoms with van der Waals surface area (Å²) in [6.07, 6.45) is 1.70. The molecule has 0 spiro atoms. The van der Waals surface area contributed by atoms with Crippen LogP contribution in [0, 0.1) is 0 Å².